The largest absolute Gasteiger partial charge is 0.398 e. The fraction of sp³-hybridized carbons (Fsp3) is 0.250. The molecule has 7 rings (SSSR count). The molecule has 158 valence electrons. The van der Waals surface area contributed by atoms with Gasteiger partial charge in [-0.15, -0.1) is 0 Å². The highest BCUT2D eigenvalue weighted by molar-refractivity contribution is 7.99. The Morgan fingerprint density at radius 2 is 1.88 bits per heavy atom. The number of piperidine rings is 1. The second-order valence-corrected chi connectivity index (χ2v) is 9.87. The molecule has 32 heavy (non-hydrogen) atoms. The summed E-state index contributed by atoms with van der Waals surface area (Å²) < 4.78 is 0. The van der Waals surface area contributed by atoms with Gasteiger partial charge in [0, 0.05) is 54.1 Å². The molecule has 3 aromatic heterocycles. The summed E-state index contributed by atoms with van der Waals surface area (Å²) in [4.78, 5) is 22.3. The summed E-state index contributed by atoms with van der Waals surface area (Å²) in [6.07, 6.45) is 4.38. The lowest BCUT2D eigenvalue weighted by atomic mass is 10.1. The van der Waals surface area contributed by atoms with Crippen LogP contribution in [0.25, 0.3) is 22.2 Å². The molecule has 3 aliphatic rings. The van der Waals surface area contributed by atoms with Crippen LogP contribution in [0.1, 0.15) is 11.3 Å². The van der Waals surface area contributed by atoms with Crippen LogP contribution in [0.15, 0.2) is 58.8 Å². The second kappa shape index (κ2) is 6.63. The van der Waals surface area contributed by atoms with Gasteiger partial charge in [0.25, 0.3) is 0 Å². The SMILES string of the molecule is Nc1cccc2c1Cc1nc(Sc3cnc4cccnc4c3)nc(N3CC4C(N)C4C3)c1-2. The maximum atomic E-state index is 6.32. The normalized spacial score (nSPS) is 22.7. The summed E-state index contributed by atoms with van der Waals surface area (Å²) in [5.74, 6) is 2.16. The first-order valence-electron chi connectivity index (χ1n) is 10.8. The van der Waals surface area contributed by atoms with E-state index in [0.717, 1.165) is 74.5 Å². The number of aromatic nitrogens is 4. The van der Waals surface area contributed by atoms with E-state index in [-0.39, 0.29) is 0 Å². The Hall–Kier alpha value is -3.23. The van der Waals surface area contributed by atoms with Gasteiger partial charge in [-0.2, -0.15) is 0 Å². The molecule has 1 saturated carbocycles. The van der Waals surface area contributed by atoms with Crippen molar-refractivity contribution in [2.24, 2.45) is 17.6 Å². The van der Waals surface area contributed by atoms with Gasteiger partial charge in [0.2, 0.25) is 0 Å². The molecule has 4 N–H and O–H groups in total. The molecule has 1 saturated heterocycles. The molecule has 2 atom stereocenters. The number of pyridine rings is 2. The van der Waals surface area contributed by atoms with Crippen molar-refractivity contribution in [2.75, 3.05) is 23.7 Å². The summed E-state index contributed by atoms with van der Waals surface area (Å²) in [5.41, 5.74) is 19.6. The van der Waals surface area contributed by atoms with E-state index in [1.807, 2.05) is 36.5 Å². The van der Waals surface area contributed by atoms with Crippen LogP contribution in [-0.4, -0.2) is 39.1 Å². The molecular weight excluding hydrogens is 418 g/mol. The molecule has 7 nitrogen and oxygen atoms in total. The molecular formula is C24H21N7S. The van der Waals surface area contributed by atoms with Gasteiger partial charge in [0.05, 0.1) is 16.7 Å². The van der Waals surface area contributed by atoms with E-state index in [4.69, 9.17) is 21.4 Å². The monoisotopic (exact) mass is 439 g/mol. The van der Waals surface area contributed by atoms with E-state index in [1.54, 1.807) is 6.20 Å². The lowest BCUT2D eigenvalue weighted by Gasteiger charge is -2.23. The Balaban J connectivity index is 1.32. The summed E-state index contributed by atoms with van der Waals surface area (Å²) in [6.45, 7) is 1.91. The van der Waals surface area contributed by atoms with Crippen LogP contribution in [0.5, 0.6) is 0 Å². The minimum Gasteiger partial charge on any atom is -0.398 e. The zero-order valence-electron chi connectivity index (χ0n) is 17.3. The van der Waals surface area contributed by atoms with Crippen molar-refractivity contribution in [1.82, 2.24) is 19.9 Å². The van der Waals surface area contributed by atoms with E-state index in [1.165, 1.54) is 11.8 Å². The quantitative estimate of drug-likeness (QED) is 0.326. The molecule has 0 amide bonds. The smallest absolute Gasteiger partial charge is 0.194 e. The lowest BCUT2D eigenvalue weighted by molar-refractivity contribution is 0.727. The van der Waals surface area contributed by atoms with Gasteiger partial charge >= 0.3 is 0 Å². The average molecular weight is 440 g/mol. The number of nitrogens with two attached hydrogens (primary N) is 2. The van der Waals surface area contributed by atoms with Crippen molar-refractivity contribution in [3.63, 3.8) is 0 Å². The Morgan fingerprint density at radius 3 is 2.75 bits per heavy atom. The number of rotatable bonds is 3. The van der Waals surface area contributed by atoms with Crippen molar-refractivity contribution >= 4 is 34.3 Å². The number of benzene rings is 1. The standard InChI is InChI=1S/C24H21N7S/c25-17-4-1-3-13-14(17)8-20-21(13)23(31-10-15-16(11-31)22(15)26)30-24(29-20)32-12-7-19-18(28-9-12)5-2-6-27-19/h1-7,9,15-16,22H,8,10-11,25-26H2. The summed E-state index contributed by atoms with van der Waals surface area (Å²) in [5, 5.41) is 0.729. The molecule has 2 aliphatic carbocycles. The van der Waals surface area contributed by atoms with Gasteiger partial charge < -0.3 is 16.4 Å². The third-order valence-corrected chi connectivity index (χ3v) is 7.79. The van der Waals surface area contributed by atoms with Crippen LogP contribution >= 0.6 is 11.8 Å². The first-order chi connectivity index (χ1) is 15.7. The van der Waals surface area contributed by atoms with E-state index in [0.29, 0.717) is 17.9 Å². The number of anilines is 2. The first-order valence-corrected chi connectivity index (χ1v) is 11.6. The van der Waals surface area contributed by atoms with Crippen LogP contribution in [0.2, 0.25) is 0 Å². The van der Waals surface area contributed by atoms with Gasteiger partial charge in [-0.25, -0.2) is 9.97 Å². The lowest BCUT2D eigenvalue weighted by Crippen LogP contribution is -2.29. The summed E-state index contributed by atoms with van der Waals surface area (Å²) in [6, 6.07) is 12.4. The number of nitrogen functional groups attached to an aromatic ring is 1. The predicted octanol–water partition coefficient (Wildman–Crippen LogP) is 3.12. The van der Waals surface area contributed by atoms with Gasteiger partial charge in [0.15, 0.2) is 5.16 Å². The van der Waals surface area contributed by atoms with Crippen molar-refractivity contribution in [3.05, 3.63) is 60.0 Å². The van der Waals surface area contributed by atoms with E-state index < -0.39 is 0 Å². The fourth-order valence-corrected chi connectivity index (χ4v) is 5.97. The zero-order valence-corrected chi connectivity index (χ0v) is 18.1. The molecule has 8 heteroatoms. The second-order valence-electron chi connectivity index (χ2n) is 8.83. The van der Waals surface area contributed by atoms with Crippen LogP contribution in [-0.2, 0) is 6.42 Å². The third-order valence-electron chi connectivity index (χ3n) is 6.97. The van der Waals surface area contributed by atoms with Crippen LogP contribution in [0.3, 0.4) is 0 Å². The molecule has 1 aromatic carbocycles. The van der Waals surface area contributed by atoms with Gasteiger partial charge in [-0.05, 0) is 59.0 Å². The number of nitrogens with zero attached hydrogens (tertiary/aromatic N) is 5. The molecule has 4 heterocycles. The Bertz CT molecular complexity index is 1390. The van der Waals surface area contributed by atoms with E-state index in [2.05, 4.69) is 20.9 Å². The number of fused-ring (bicyclic) bond motifs is 5. The van der Waals surface area contributed by atoms with Gasteiger partial charge in [-0.1, -0.05) is 12.1 Å². The average Bonchev–Trinajstić information content (AvgIpc) is 3.16. The van der Waals surface area contributed by atoms with Crippen molar-refractivity contribution in [3.8, 4) is 11.1 Å². The Labute approximate surface area is 189 Å². The minimum absolute atomic E-state index is 0.342. The molecule has 1 aliphatic heterocycles. The zero-order chi connectivity index (χ0) is 21.4. The molecule has 2 unspecified atom stereocenters. The fourth-order valence-electron chi connectivity index (χ4n) is 5.19. The van der Waals surface area contributed by atoms with Crippen molar-refractivity contribution < 1.29 is 0 Å². The van der Waals surface area contributed by atoms with E-state index in [9.17, 15) is 0 Å². The highest BCUT2D eigenvalue weighted by Crippen LogP contribution is 2.50. The predicted molar refractivity (Wildman–Crippen MR) is 126 cm³/mol. The van der Waals surface area contributed by atoms with Crippen molar-refractivity contribution in [1.29, 1.82) is 0 Å². The van der Waals surface area contributed by atoms with Crippen LogP contribution in [0.4, 0.5) is 11.5 Å². The maximum absolute atomic E-state index is 6.32. The van der Waals surface area contributed by atoms with Crippen LogP contribution in [0, 0.1) is 11.8 Å². The van der Waals surface area contributed by atoms with Gasteiger partial charge in [0.1, 0.15) is 5.82 Å². The molecule has 2 fully saturated rings. The molecule has 0 radical (unpaired) electrons. The maximum Gasteiger partial charge on any atom is 0.194 e. The topological polar surface area (TPSA) is 107 Å². The Morgan fingerprint density at radius 1 is 1.00 bits per heavy atom. The Kier molecular flexibility index (Phi) is 3.80. The summed E-state index contributed by atoms with van der Waals surface area (Å²) in [7, 11) is 0. The van der Waals surface area contributed by atoms with E-state index >= 15 is 0 Å². The van der Waals surface area contributed by atoms with Crippen LogP contribution < -0.4 is 16.4 Å². The highest BCUT2D eigenvalue weighted by Gasteiger charge is 2.54. The number of hydrogen-bond donors (Lipinski definition) is 2. The molecule has 4 aromatic rings. The third kappa shape index (κ3) is 2.73. The minimum atomic E-state index is 0.342. The molecule has 0 spiro atoms. The van der Waals surface area contributed by atoms with Crippen molar-refractivity contribution in [2.45, 2.75) is 22.5 Å². The first kappa shape index (κ1) is 18.4. The van der Waals surface area contributed by atoms with Gasteiger partial charge in [-0.3, -0.25) is 9.97 Å². The highest BCUT2D eigenvalue weighted by atomic mass is 32.2. The molecule has 0 bridgehead atoms. The summed E-state index contributed by atoms with van der Waals surface area (Å²) >= 11 is 1.53. The number of hydrogen-bond acceptors (Lipinski definition) is 8.